The highest BCUT2D eigenvalue weighted by molar-refractivity contribution is 9.10. The summed E-state index contributed by atoms with van der Waals surface area (Å²) < 4.78 is 27.7. The Labute approximate surface area is 212 Å². The average molecular weight is 603 g/mol. The summed E-state index contributed by atoms with van der Waals surface area (Å²) in [5.74, 6) is -0.513. The van der Waals surface area contributed by atoms with Gasteiger partial charge in [-0.05, 0) is 48.7 Å². The number of anilines is 1. The van der Waals surface area contributed by atoms with E-state index in [4.69, 9.17) is 0 Å². The first kappa shape index (κ1) is 27.3. The topological polar surface area (TPSA) is 86.8 Å². The third kappa shape index (κ3) is 8.42. The molecule has 0 spiro atoms. The average Bonchev–Trinajstić information content (AvgIpc) is 2.72. The van der Waals surface area contributed by atoms with Gasteiger partial charge in [0.2, 0.25) is 21.8 Å². The van der Waals surface area contributed by atoms with E-state index in [9.17, 15) is 18.0 Å². The molecule has 0 radical (unpaired) electrons. The number of hydrogen-bond donors (Lipinski definition) is 1. The predicted octanol–water partition coefficient (Wildman–Crippen LogP) is 4.17. The zero-order chi connectivity index (χ0) is 24.8. The van der Waals surface area contributed by atoms with Crippen molar-refractivity contribution >= 4 is 59.4 Å². The first-order valence-corrected chi connectivity index (χ1v) is 13.9. The van der Waals surface area contributed by atoms with E-state index in [0.29, 0.717) is 16.7 Å². The zero-order valence-corrected chi connectivity index (χ0v) is 23.1. The van der Waals surface area contributed by atoms with Gasteiger partial charge in [0.25, 0.3) is 0 Å². The molecule has 10 heteroatoms. The Balaban J connectivity index is 2.36. The quantitative estimate of drug-likeness (QED) is 0.442. The van der Waals surface area contributed by atoms with Crippen LogP contribution in [0.4, 0.5) is 5.69 Å². The van der Waals surface area contributed by atoms with E-state index >= 15 is 0 Å². The van der Waals surface area contributed by atoms with E-state index in [1.165, 1.54) is 4.90 Å². The zero-order valence-electron chi connectivity index (χ0n) is 19.1. The van der Waals surface area contributed by atoms with Gasteiger partial charge >= 0.3 is 0 Å². The molecule has 2 rings (SSSR count). The second-order valence-corrected chi connectivity index (χ2v) is 12.0. The summed E-state index contributed by atoms with van der Waals surface area (Å²) in [6, 6.07) is 13.4. The predicted molar refractivity (Wildman–Crippen MR) is 138 cm³/mol. The first-order valence-electron chi connectivity index (χ1n) is 10.4. The number of nitrogens with zero attached hydrogens (tertiary/aromatic N) is 2. The van der Waals surface area contributed by atoms with Crippen molar-refractivity contribution in [2.75, 3.05) is 23.7 Å². The summed E-state index contributed by atoms with van der Waals surface area (Å²) in [5.41, 5.74) is 1.18. The number of benzene rings is 2. The van der Waals surface area contributed by atoms with Crippen LogP contribution >= 0.6 is 31.9 Å². The molecule has 180 valence electrons. The smallest absolute Gasteiger partial charge is 0.244 e. The Bertz CT molecular complexity index is 1090. The van der Waals surface area contributed by atoms with Crippen molar-refractivity contribution in [3.63, 3.8) is 0 Å². The highest BCUT2D eigenvalue weighted by Crippen LogP contribution is 2.23. The molecular formula is C23H29Br2N3O4S. The largest absolute Gasteiger partial charge is 0.354 e. The molecule has 1 unspecified atom stereocenters. The van der Waals surface area contributed by atoms with Crippen molar-refractivity contribution in [1.82, 2.24) is 10.2 Å². The Hall–Kier alpha value is -1.91. The second-order valence-electron chi connectivity index (χ2n) is 8.22. The van der Waals surface area contributed by atoms with Gasteiger partial charge in [-0.1, -0.05) is 63.9 Å². The van der Waals surface area contributed by atoms with Crippen LogP contribution in [0.3, 0.4) is 0 Å². The normalized spacial score (nSPS) is 12.3. The molecule has 0 bridgehead atoms. The molecule has 2 aromatic carbocycles. The fourth-order valence-corrected chi connectivity index (χ4v) is 4.79. The molecule has 0 saturated carbocycles. The molecule has 0 fully saturated rings. The molecule has 0 aliphatic rings. The summed E-state index contributed by atoms with van der Waals surface area (Å²) in [7, 11) is -3.75. The molecule has 1 atom stereocenters. The lowest BCUT2D eigenvalue weighted by atomic mass is 10.1. The standard InChI is InChI=1S/C23H29Br2N3O4S/c1-16(2)13-26-23(30)17(3)27(14-18-7-5-8-19(24)11-18)22(29)15-28(33(4,31)32)21-10-6-9-20(25)12-21/h5-12,16-17H,13-15H2,1-4H3,(H,26,30). The van der Waals surface area contributed by atoms with Crippen molar-refractivity contribution in [2.45, 2.75) is 33.4 Å². The van der Waals surface area contributed by atoms with E-state index in [1.807, 2.05) is 38.1 Å². The number of hydrogen-bond acceptors (Lipinski definition) is 4. The van der Waals surface area contributed by atoms with E-state index in [0.717, 1.165) is 20.6 Å². The van der Waals surface area contributed by atoms with Crippen LogP contribution in [0.2, 0.25) is 0 Å². The van der Waals surface area contributed by atoms with Crippen LogP contribution in [0.25, 0.3) is 0 Å². The molecule has 2 amide bonds. The van der Waals surface area contributed by atoms with Crippen LogP contribution in [0.5, 0.6) is 0 Å². The van der Waals surface area contributed by atoms with Gasteiger partial charge in [0.05, 0.1) is 11.9 Å². The maximum Gasteiger partial charge on any atom is 0.244 e. The Morgan fingerprint density at radius 1 is 1.00 bits per heavy atom. The molecule has 0 aliphatic heterocycles. The summed E-state index contributed by atoms with van der Waals surface area (Å²) in [6.45, 7) is 5.83. The van der Waals surface area contributed by atoms with Crippen LogP contribution in [0.15, 0.2) is 57.5 Å². The number of amides is 2. The maximum absolute atomic E-state index is 13.4. The number of sulfonamides is 1. The lowest BCUT2D eigenvalue weighted by Crippen LogP contribution is -2.51. The Morgan fingerprint density at radius 2 is 1.61 bits per heavy atom. The second kappa shape index (κ2) is 12.0. The summed E-state index contributed by atoms with van der Waals surface area (Å²) in [4.78, 5) is 27.7. The van der Waals surface area contributed by atoms with Gasteiger partial charge in [-0.25, -0.2) is 8.42 Å². The summed E-state index contributed by atoms with van der Waals surface area (Å²) in [6.07, 6.45) is 1.05. The van der Waals surface area contributed by atoms with Crippen LogP contribution in [0.1, 0.15) is 26.3 Å². The molecule has 33 heavy (non-hydrogen) atoms. The van der Waals surface area contributed by atoms with Gasteiger partial charge < -0.3 is 10.2 Å². The maximum atomic E-state index is 13.4. The van der Waals surface area contributed by atoms with Gasteiger partial charge in [0, 0.05) is 22.0 Å². The fourth-order valence-electron chi connectivity index (χ4n) is 3.11. The SMILES string of the molecule is CC(C)CNC(=O)C(C)N(Cc1cccc(Br)c1)C(=O)CN(c1cccc(Br)c1)S(C)(=O)=O. The van der Waals surface area contributed by atoms with Crippen molar-refractivity contribution in [3.05, 3.63) is 63.0 Å². The van der Waals surface area contributed by atoms with Gasteiger partial charge in [-0.3, -0.25) is 13.9 Å². The molecular weight excluding hydrogens is 574 g/mol. The van der Waals surface area contributed by atoms with Crippen LogP contribution in [-0.4, -0.2) is 50.5 Å². The minimum atomic E-state index is -3.75. The lowest BCUT2D eigenvalue weighted by Gasteiger charge is -2.31. The fraction of sp³-hybridized carbons (Fsp3) is 0.391. The first-order chi connectivity index (χ1) is 15.4. The number of nitrogens with one attached hydrogen (secondary N) is 1. The number of carbonyl (C=O) groups is 2. The Kier molecular flexibility index (Phi) is 9.93. The highest BCUT2D eigenvalue weighted by atomic mass is 79.9. The summed E-state index contributed by atoms with van der Waals surface area (Å²) in [5, 5.41) is 2.86. The molecule has 0 aromatic heterocycles. The summed E-state index contributed by atoms with van der Waals surface area (Å²) >= 11 is 6.77. The van der Waals surface area contributed by atoms with E-state index in [-0.39, 0.29) is 18.4 Å². The van der Waals surface area contributed by atoms with Gasteiger partial charge in [-0.2, -0.15) is 0 Å². The van der Waals surface area contributed by atoms with Gasteiger partial charge in [0.1, 0.15) is 12.6 Å². The molecule has 7 nitrogen and oxygen atoms in total. The molecule has 0 heterocycles. The van der Waals surface area contributed by atoms with E-state index in [1.54, 1.807) is 31.2 Å². The molecule has 0 aliphatic carbocycles. The highest BCUT2D eigenvalue weighted by Gasteiger charge is 2.30. The van der Waals surface area contributed by atoms with Crippen molar-refractivity contribution in [3.8, 4) is 0 Å². The minimum Gasteiger partial charge on any atom is -0.354 e. The monoisotopic (exact) mass is 601 g/mol. The van der Waals surface area contributed by atoms with Crippen molar-refractivity contribution in [1.29, 1.82) is 0 Å². The van der Waals surface area contributed by atoms with E-state index < -0.39 is 28.5 Å². The van der Waals surface area contributed by atoms with Crippen LogP contribution in [0, 0.1) is 5.92 Å². The lowest BCUT2D eigenvalue weighted by molar-refractivity contribution is -0.139. The number of halogens is 2. The molecule has 1 N–H and O–H groups in total. The van der Waals surface area contributed by atoms with Crippen molar-refractivity contribution < 1.29 is 18.0 Å². The van der Waals surface area contributed by atoms with Gasteiger partial charge in [-0.15, -0.1) is 0 Å². The van der Waals surface area contributed by atoms with Crippen LogP contribution in [-0.2, 0) is 26.2 Å². The Morgan fingerprint density at radius 3 is 2.15 bits per heavy atom. The number of carbonyl (C=O) groups excluding carboxylic acids is 2. The van der Waals surface area contributed by atoms with Gasteiger partial charge in [0.15, 0.2) is 0 Å². The molecule has 0 saturated heterocycles. The third-order valence-electron chi connectivity index (χ3n) is 4.87. The third-order valence-corrected chi connectivity index (χ3v) is 7.00. The molecule has 2 aromatic rings. The van der Waals surface area contributed by atoms with Crippen LogP contribution < -0.4 is 9.62 Å². The van der Waals surface area contributed by atoms with E-state index in [2.05, 4.69) is 37.2 Å². The van der Waals surface area contributed by atoms with Crippen molar-refractivity contribution in [2.24, 2.45) is 5.92 Å². The number of rotatable bonds is 10. The minimum absolute atomic E-state index is 0.157.